The first-order valence-corrected chi connectivity index (χ1v) is 7.35. The zero-order chi connectivity index (χ0) is 14.5. The lowest BCUT2D eigenvalue weighted by Gasteiger charge is -2.09. The smallest absolute Gasteiger partial charge is 0.159 e. The minimum absolute atomic E-state index is 0.761. The van der Waals surface area contributed by atoms with Gasteiger partial charge in [-0.15, -0.1) is 0 Å². The lowest BCUT2D eigenvalue weighted by atomic mass is 10.2. The molecule has 0 saturated carbocycles. The third-order valence-electron chi connectivity index (χ3n) is 3.16. The minimum Gasteiger partial charge on any atom is -0.370 e. The molecule has 0 atom stereocenters. The molecule has 108 valence electrons. The number of anilines is 1. The first-order chi connectivity index (χ1) is 9.67. The molecule has 0 aromatic carbocycles. The van der Waals surface area contributed by atoms with Gasteiger partial charge in [0.05, 0.1) is 5.69 Å². The number of aryl methyl sites for hydroxylation is 3. The zero-order valence-electron chi connectivity index (χ0n) is 12.8. The fourth-order valence-corrected chi connectivity index (χ4v) is 2.10. The van der Waals surface area contributed by atoms with Crippen LogP contribution in [0.15, 0.2) is 12.1 Å². The lowest BCUT2D eigenvalue weighted by Crippen LogP contribution is -2.09. The largest absolute Gasteiger partial charge is 0.370 e. The molecule has 0 radical (unpaired) electrons. The van der Waals surface area contributed by atoms with E-state index in [1.165, 1.54) is 5.69 Å². The SMILES string of the molecule is CCCNc1cc(-n2nc(CC)cc2CC)nc(C)n1. The van der Waals surface area contributed by atoms with Crippen LogP contribution in [0.3, 0.4) is 0 Å². The third kappa shape index (κ3) is 3.15. The van der Waals surface area contributed by atoms with Crippen LogP contribution in [0, 0.1) is 6.92 Å². The molecule has 2 aromatic rings. The van der Waals surface area contributed by atoms with Gasteiger partial charge >= 0.3 is 0 Å². The van der Waals surface area contributed by atoms with Crippen molar-refractivity contribution in [3.05, 3.63) is 29.3 Å². The zero-order valence-corrected chi connectivity index (χ0v) is 12.8. The van der Waals surface area contributed by atoms with Gasteiger partial charge in [0.15, 0.2) is 5.82 Å². The molecule has 0 unspecified atom stereocenters. The normalized spacial score (nSPS) is 10.8. The van der Waals surface area contributed by atoms with Gasteiger partial charge in [0.2, 0.25) is 0 Å². The Morgan fingerprint density at radius 3 is 2.55 bits per heavy atom. The number of rotatable bonds is 6. The van der Waals surface area contributed by atoms with Gasteiger partial charge in [-0.25, -0.2) is 14.6 Å². The van der Waals surface area contributed by atoms with Crippen molar-refractivity contribution in [2.45, 2.75) is 47.0 Å². The van der Waals surface area contributed by atoms with Crippen LogP contribution in [-0.2, 0) is 12.8 Å². The molecule has 0 aliphatic rings. The summed E-state index contributed by atoms with van der Waals surface area (Å²) in [5.41, 5.74) is 2.28. The highest BCUT2D eigenvalue weighted by molar-refractivity contribution is 5.42. The van der Waals surface area contributed by atoms with Crippen LogP contribution < -0.4 is 5.32 Å². The van der Waals surface area contributed by atoms with Crippen LogP contribution in [0.25, 0.3) is 5.82 Å². The average molecular weight is 273 g/mol. The first-order valence-electron chi connectivity index (χ1n) is 7.35. The van der Waals surface area contributed by atoms with E-state index in [0.29, 0.717) is 0 Å². The van der Waals surface area contributed by atoms with Crippen LogP contribution in [0.5, 0.6) is 0 Å². The van der Waals surface area contributed by atoms with Crippen molar-refractivity contribution in [1.82, 2.24) is 19.7 Å². The van der Waals surface area contributed by atoms with E-state index >= 15 is 0 Å². The summed E-state index contributed by atoms with van der Waals surface area (Å²) >= 11 is 0. The Morgan fingerprint density at radius 2 is 1.90 bits per heavy atom. The predicted octanol–water partition coefficient (Wildman–Crippen LogP) is 2.92. The summed E-state index contributed by atoms with van der Waals surface area (Å²) in [6.45, 7) is 9.22. The maximum absolute atomic E-state index is 4.63. The fourth-order valence-electron chi connectivity index (χ4n) is 2.10. The van der Waals surface area contributed by atoms with Gasteiger partial charge in [-0.05, 0) is 32.3 Å². The molecule has 0 aliphatic heterocycles. The second-order valence-corrected chi connectivity index (χ2v) is 4.83. The molecule has 1 N–H and O–H groups in total. The Hall–Kier alpha value is -1.91. The van der Waals surface area contributed by atoms with Gasteiger partial charge in [0, 0.05) is 18.3 Å². The second-order valence-electron chi connectivity index (χ2n) is 4.83. The van der Waals surface area contributed by atoms with Crippen LogP contribution in [-0.4, -0.2) is 26.3 Å². The van der Waals surface area contributed by atoms with E-state index in [0.717, 1.165) is 49.0 Å². The maximum Gasteiger partial charge on any atom is 0.159 e. The summed E-state index contributed by atoms with van der Waals surface area (Å²) < 4.78 is 1.94. The third-order valence-corrected chi connectivity index (χ3v) is 3.16. The van der Waals surface area contributed by atoms with E-state index in [4.69, 9.17) is 0 Å². The van der Waals surface area contributed by atoms with Gasteiger partial charge in [0.25, 0.3) is 0 Å². The monoisotopic (exact) mass is 273 g/mol. The van der Waals surface area contributed by atoms with Crippen LogP contribution in [0.4, 0.5) is 5.82 Å². The Labute approximate surface area is 120 Å². The maximum atomic E-state index is 4.63. The van der Waals surface area contributed by atoms with E-state index in [1.54, 1.807) is 0 Å². The Balaban J connectivity index is 2.40. The van der Waals surface area contributed by atoms with E-state index in [2.05, 4.69) is 47.2 Å². The molecule has 5 nitrogen and oxygen atoms in total. The molecule has 0 spiro atoms. The van der Waals surface area contributed by atoms with Gasteiger partial charge < -0.3 is 5.32 Å². The number of aromatic nitrogens is 4. The van der Waals surface area contributed by atoms with Gasteiger partial charge in [-0.3, -0.25) is 0 Å². The molecule has 20 heavy (non-hydrogen) atoms. The van der Waals surface area contributed by atoms with Crippen molar-refractivity contribution in [3.63, 3.8) is 0 Å². The average Bonchev–Trinajstić information content (AvgIpc) is 2.88. The molecule has 2 aromatic heterocycles. The molecule has 2 rings (SSSR count). The highest BCUT2D eigenvalue weighted by Crippen LogP contribution is 2.15. The second kappa shape index (κ2) is 6.50. The highest BCUT2D eigenvalue weighted by atomic mass is 15.3. The molecule has 0 amide bonds. The standard InChI is InChI=1S/C15H23N5/c1-5-8-16-14-10-15(18-11(4)17-14)20-13(7-3)9-12(6-2)19-20/h9-10H,5-8H2,1-4H3,(H,16,17,18). The molecule has 0 bridgehead atoms. The van der Waals surface area contributed by atoms with E-state index in [1.807, 2.05) is 17.7 Å². The van der Waals surface area contributed by atoms with Crippen molar-refractivity contribution in [2.75, 3.05) is 11.9 Å². The lowest BCUT2D eigenvalue weighted by molar-refractivity contribution is 0.762. The first kappa shape index (κ1) is 14.5. The topological polar surface area (TPSA) is 55.6 Å². The molecule has 0 aliphatic carbocycles. The van der Waals surface area contributed by atoms with E-state index in [-0.39, 0.29) is 0 Å². The Kier molecular flexibility index (Phi) is 4.71. The highest BCUT2D eigenvalue weighted by Gasteiger charge is 2.10. The summed E-state index contributed by atoms with van der Waals surface area (Å²) in [4.78, 5) is 8.93. The summed E-state index contributed by atoms with van der Waals surface area (Å²) in [7, 11) is 0. The van der Waals surface area contributed by atoms with Gasteiger partial charge in [-0.2, -0.15) is 5.10 Å². The van der Waals surface area contributed by atoms with Crippen molar-refractivity contribution >= 4 is 5.82 Å². The Morgan fingerprint density at radius 1 is 1.10 bits per heavy atom. The molecular formula is C15H23N5. The van der Waals surface area contributed by atoms with Crippen molar-refractivity contribution < 1.29 is 0 Å². The van der Waals surface area contributed by atoms with E-state index < -0.39 is 0 Å². The molecule has 5 heteroatoms. The summed E-state index contributed by atoms with van der Waals surface area (Å²) in [6.07, 6.45) is 2.94. The minimum atomic E-state index is 0.761. The Bertz CT molecular complexity index is 574. The molecule has 0 saturated heterocycles. The van der Waals surface area contributed by atoms with Crippen LogP contribution in [0.1, 0.15) is 44.4 Å². The molecular weight excluding hydrogens is 250 g/mol. The van der Waals surface area contributed by atoms with Gasteiger partial charge in [0.1, 0.15) is 11.6 Å². The number of nitrogens with zero attached hydrogens (tertiary/aromatic N) is 4. The van der Waals surface area contributed by atoms with Crippen molar-refractivity contribution in [2.24, 2.45) is 0 Å². The van der Waals surface area contributed by atoms with Gasteiger partial charge in [-0.1, -0.05) is 20.8 Å². The summed E-state index contributed by atoms with van der Waals surface area (Å²) in [5, 5.41) is 7.94. The van der Waals surface area contributed by atoms with Crippen LogP contribution in [0.2, 0.25) is 0 Å². The number of hydrogen-bond donors (Lipinski definition) is 1. The quantitative estimate of drug-likeness (QED) is 0.879. The van der Waals surface area contributed by atoms with E-state index in [9.17, 15) is 0 Å². The van der Waals surface area contributed by atoms with Crippen LogP contribution >= 0.6 is 0 Å². The summed E-state index contributed by atoms with van der Waals surface area (Å²) in [5.74, 6) is 2.47. The predicted molar refractivity (Wildman–Crippen MR) is 81.4 cm³/mol. The van der Waals surface area contributed by atoms with Crippen molar-refractivity contribution in [1.29, 1.82) is 0 Å². The molecule has 0 fully saturated rings. The van der Waals surface area contributed by atoms with Crippen molar-refractivity contribution in [3.8, 4) is 5.82 Å². The summed E-state index contributed by atoms with van der Waals surface area (Å²) in [6, 6.07) is 4.12. The number of nitrogens with one attached hydrogen (secondary N) is 1. The fraction of sp³-hybridized carbons (Fsp3) is 0.533. The number of hydrogen-bond acceptors (Lipinski definition) is 4. The molecule has 2 heterocycles.